The molecule has 0 fully saturated rings. The van der Waals surface area contributed by atoms with Crippen LogP contribution in [0.5, 0.6) is 0 Å². The minimum atomic E-state index is -1.29. The molecule has 0 aromatic heterocycles. The zero-order valence-corrected chi connectivity index (χ0v) is 18.6. The summed E-state index contributed by atoms with van der Waals surface area (Å²) in [5.41, 5.74) is 4.27. The molecule has 1 aliphatic carbocycles. The summed E-state index contributed by atoms with van der Waals surface area (Å²) >= 11 is 0. The van der Waals surface area contributed by atoms with E-state index in [1.807, 2.05) is 54.6 Å². The van der Waals surface area contributed by atoms with Crippen molar-refractivity contribution in [3.05, 3.63) is 59.7 Å². The number of alkyl carbamates (subject to hydrolysis) is 1. The highest BCUT2D eigenvalue weighted by atomic mass is 16.5. The van der Waals surface area contributed by atoms with E-state index in [4.69, 9.17) is 15.1 Å². The van der Waals surface area contributed by atoms with Crippen LogP contribution in [0.4, 0.5) is 4.79 Å². The van der Waals surface area contributed by atoms with Gasteiger partial charge in [-0.2, -0.15) is 5.26 Å². The van der Waals surface area contributed by atoms with Crippen LogP contribution in [0.1, 0.15) is 42.7 Å². The maximum absolute atomic E-state index is 12.6. The number of nitriles is 1. The molecule has 2 amide bonds. The summed E-state index contributed by atoms with van der Waals surface area (Å²) in [5.74, 6) is -2.16. The van der Waals surface area contributed by atoms with Gasteiger partial charge in [0.1, 0.15) is 18.7 Å². The number of aliphatic carboxylic acids is 1. The summed E-state index contributed by atoms with van der Waals surface area (Å²) in [6, 6.07) is 15.4. The molecule has 0 heterocycles. The van der Waals surface area contributed by atoms with E-state index in [0.29, 0.717) is 6.42 Å². The second kappa shape index (κ2) is 11.8. The van der Waals surface area contributed by atoms with Gasteiger partial charge < -0.3 is 25.6 Å². The Morgan fingerprint density at radius 3 is 2.15 bits per heavy atom. The first-order valence-corrected chi connectivity index (χ1v) is 11.1. The van der Waals surface area contributed by atoms with Crippen molar-refractivity contribution in [1.82, 2.24) is 10.6 Å². The van der Waals surface area contributed by atoms with Crippen molar-refractivity contribution in [2.75, 3.05) is 13.2 Å². The highest BCUT2D eigenvalue weighted by molar-refractivity contribution is 5.89. The van der Waals surface area contributed by atoms with Crippen molar-refractivity contribution in [1.29, 1.82) is 5.26 Å². The van der Waals surface area contributed by atoms with Gasteiger partial charge in [-0.1, -0.05) is 48.5 Å². The number of ether oxygens (including phenoxy) is 1. The molecule has 178 valence electrons. The summed E-state index contributed by atoms with van der Waals surface area (Å²) in [6.07, 6.45) is -0.343. The van der Waals surface area contributed by atoms with Gasteiger partial charge in [0.15, 0.2) is 0 Å². The minimum absolute atomic E-state index is 0.0641. The van der Waals surface area contributed by atoms with Crippen molar-refractivity contribution in [2.24, 2.45) is 0 Å². The number of unbranched alkanes of at least 4 members (excludes halogenated alkanes) is 1. The molecule has 0 saturated carbocycles. The molecule has 34 heavy (non-hydrogen) atoms. The number of hydrogen-bond acceptors (Lipinski definition) is 6. The number of aliphatic hydroxyl groups excluding tert-OH is 1. The number of carbonyl (C=O) groups excluding carboxylic acids is 2. The second-order valence-electron chi connectivity index (χ2n) is 7.98. The number of benzene rings is 2. The van der Waals surface area contributed by atoms with E-state index >= 15 is 0 Å². The smallest absolute Gasteiger partial charge is 0.407 e. The number of carbonyl (C=O) groups is 3. The van der Waals surface area contributed by atoms with Gasteiger partial charge in [0, 0.05) is 25.4 Å². The molecule has 0 aliphatic heterocycles. The Morgan fingerprint density at radius 2 is 1.59 bits per heavy atom. The van der Waals surface area contributed by atoms with Crippen LogP contribution in [0.15, 0.2) is 48.5 Å². The number of aliphatic hydroxyl groups is 1. The first kappa shape index (κ1) is 24.7. The highest BCUT2D eigenvalue weighted by Gasteiger charge is 2.30. The minimum Gasteiger partial charge on any atom is -0.480 e. The molecule has 2 unspecified atom stereocenters. The van der Waals surface area contributed by atoms with Crippen LogP contribution in [0.3, 0.4) is 0 Å². The molecule has 0 bridgehead atoms. The monoisotopic (exact) mass is 465 g/mol. The number of carboxylic acids is 1. The van der Waals surface area contributed by atoms with Crippen LogP contribution in [0.2, 0.25) is 0 Å². The maximum atomic E-state index is 12.6. The summed E-state index contributed by atoms with van der Waals surface area (Å²) in [4.78, 5) is 36.5. The number of nitrogens with zero attached hydrogens (tertiary/aromatic N) is 1. The third kappa shape index (κ3) is 5.91. The molecule has 2 aromatic carbocycles. The van der Waals surface area contributed by atoms with Crippen LogP contribution < -0.4 is 10.6 Å². The van der Waals surface area contributed by atoms with Crippen LogP contribution in [-0.2, 0) is 14.3 Å². The molecule has 9 heteroatoms. The van der Waals surface area contributed by atoms with Crippen LogP contribution >= 0.6 is 0 Å². The molecule has 9 nitrogen and oxygen atoms in total. The zero-order chi connectivity index (χ0) is 24.5. The van der Waals surface area contributed by atoms with Gasteiger partial charge in [0.2, 0.25) is 5.91 Å². The normalized spacial score (nSPS) is 13.6. The average molecular weight is 466 g/mol. The predicted molar refractivity (Wildman–Crippen MR) is 123 cm³/mol. The van der Waals surface area contributed by atoms with E-state index in [-0.39, 0.29) is 31.8 Å². The van der Waals surface area contributed by atoms with Gasteiger partial charge in [0.05, 0.1) is 6.07 Å². The van der Waals surface area contributed by atoms with Gasteiger partial charge in [-0.15, -0.1) is 0 Å². The van der Waals surface area contributed by atoms with Crippen molar-refractivity contribution in [3.8, 4) is 17.2 Å². The van der Waals surface area contributed by atoms with Crippen LogP contribution in [0.25, 0.3) is 11.1 Å². The Morgan fingerprint density at radius 1 is 0.971 bits per heavy atom. The Hall–Kier alpha value is -3.90. The first-order valence-electron chi connectivity index (χ1n) is 11.1. The van der Waals surface area contributed by atoms with Gasteiger partial charge in [-0.25, -0.2) is 9.59 Å². The average Bonchev–Trinajstić information content (AvgIpc) is 3.15. The largest absolute Gasteiger partial charge is 0.480 e. The van der Waals surface area contributed by atoms with Gasteiger partial charge >= 0.3 is 12.1 Å². The van der Waals surface area contributed by atoms with E-state index in [1.54, 1.807) is 0 Å². The molecular formula is C25H27N3O6. The molecule has 2 aromatic rings. The summed E-state index contributed by atoms with van der Waals surface area (Å²) < 4.78 is 5.48. The molecule has 2 atom stereocenters. The molecule has 0 radical (unpaired) electrons. The number of fused-ring (bicyclic) bond motifs is 3. The third-order valence-electron chi connectivity index (χ3n) is 5.77. The molecule has 0 spiro atoms. The van der Waals surface area contributed by atoms with Crippen LogP contribution in [-0.4, -0.2) is 53.5 Å². The lowest BCUT2D eigenvalue weighted by Crippen LogP contribution is -2.52. The Bertz CT molecular complexity index is 1030. The lowest BCUT2D eigenvalue weighted by Gasteiger charge is -2.21. The summed E-state index contributed by atoms with van der Waals surface area (Å²) in [6.45, 7) is -0.356. The van der Waals surface area contributed by atoms with Gasteiger partial charge in [-0.3, -0.25) is 4.79 Å². The van der Waals surface area contributed by atoms with Gasteiger partial charge in [0.25, 0.3) is 0 Å². The number of rotatable bonds is 11. The topological polar surface area (TPSA) is 149 Å². The fraction of sp³-hybridized carbons (Fsp3) is 0.360. The fourth-order valence-corrected chi connectivity index (χ4v) is 4.10. The summed E-state index contributed by atoms with van der Waals surface area (Å²) in [7, 11) is 0. The first-order chi connectivity index (χ1) is 16.5. The van der Waals surface area contributed by atoms with E-state index in [1.165, 1.54) is 0 Å². The predicted octanol–water partition coefficient (Wildman–Crippen LogP) is 2.54. The molecule has 3 rings (SSSR count). The lowest BCUT2D eigenvalue weighted by atomic mass is 9.98. The van der Waals surface area contributed by atoms with Crippen LogP contribution in [0, 0.1) is 11.3 Å². The second-order valence-corrected chi connectivity index (χ2v) is 7.98. The van der Waals surface area contributed by atoms with Crippen molar-refractivity contribution >= 4 is 18.0 Å². The standard InChI is InChI=1S/C25H27N3O6/c26-13-6-5-11-21(23(30)27-22(12-14-29)24(31)32)28-25(33)34-15-20-18-9-3-1-7-16(18)17-8-2-4-10-19(17)20/h1-4,7-10,20-22,29H,5-6,11-12,14-15H2,(H,27,30)(H,28,33)(H,31,32). The number of amides is 2. The zero-order valence-electron chi connectivity index (χ0n) is 18.6. The Labute approximate surface area is 197 Å². The van der Waals surface area contributed by atoms with E-state index in [0.717, 1.165) is 22.3 Å². The van der Waals surface area contributed by atoms with E-state index < -0.39 is 36.7 Å². The van der Waals surface area contributed by atoms with Gasteiger partial charge in [-0.05, 0) is 35.1 Å². The van der Waals surface area contributed by atoms with E-state index in [9.17, 15) is 19.5 Å². The highest BCUT2D eigenvalue weighted by Crippen LogP contribution is 2.44. The number of nitrogens with one attached hydrogen (secondary N) is 2. The molecule has 1 aliphatic rings. The van der Waals surface area contributed by atoms with Crippen molar-refractivity contribution in [3.63, 3.8) is 0 Å². The summed E-state index contributed by atoms with van der Waals surface area (Å²) in [5, 5.41) is 31.8. The third-order valence-corrected chi connectivity index (χ3v) is 5.77. The quantitative estimate of drug-likeness (QED) is 0.373. The Kier molecular flexibility index (Phi) is 8.60. The lowest BCUT2D eigenvalue weighted by molar-refractivity contribution is -0.142. The molecule has 0 saturated heterocycles. The number of hydrogen-bond donors (Lipinski definition) is 4. The fourth-order valence-electron chi connectivity index (χ4n) is 4.10. The molecule has 4 N–H and O–H groups in total. The van der Waals surface area contributed by atoms with E-state index in [2.05, 4.69) is 10.6 Å². The van der Waals surface area contributed by atoms with Crippen molar-refractivity contribution in [2.45, 2.75) is 43.7 Å². The molecular weight excluding hydrogens is 438 g/mol. The maximum Gasteiger partial charge on any atom is 0.407 e. The SMILES string of the molecule is N#CCCCC(NC(=O)OCC1c2ccccc2-c2ccccc21)C(=O)NC(CCO)C(=O)O. The van der Waals surface area contributed by atoms with Crippen molar-refractivity contribution < 1.29 is 29.3 Å². The number of carboxylic acid groups (broad SMARTS) is 1. The Balaban J connectivity index is 1.66.